The van der Waals surface area contributed by atoms with Crippen LogP contribution in [0.3, 0.4) is 0 Å². The third-order valence-corrected chi connectivity index (χ3v) is 4.56. The number of benzene rings is 2. The highest BCUT2D eigenvalue weighted by atomic mass is 19.1. The number of hydrogen-bond acceptors (Lipinski definition) is 3. The lowest BCUT2D eigenvalue weighted by Gasteiger charge is -2.32. The number of nitrogens with one attached hydrogen (secondary N) is 1. The zero-order valence-electron chi connectivity index (χ0n) is 15.1. The average Bonchev–Trinajstić information content (AvgIpc) is 2.69. The second-order valence-electron chi connectivity index (χ2n) is 6.56. The van der Waals surface area contributed by atoms with Crippen molar-refractivity contribution in [1.82, 2.24) is 10.2 Å². The Morgan fingerprint density at radius 1 is 1.07 bits per heavy atom. The van der Waals surface area contributed by atoms with Gasteiger partial charge in [-0.05, 0) is 43.2 Å². The molecule has 0 aromatic heterocycles. The molecule has 1 aliphatic rings. The van der Waals surface area contributed by atoms with Crippen LogP contribution in [-0.4, -0.2) is 42.5 Å². The zero-order chi connectivity index (χ0) is 19.1. The van der Waals surface area contributed by atoms with Crippen LogP contribution in [0, 0.1) is 5.82 Å². The van der Waals surface area contributed by atoms with E-state index in [1.54, 1.807) is 11.0 Å². The SMILES string of the molecule is O=C(CCOc1ccccc1)NC1CCN(C(=O)c2cccc(F)c2)CC1. The minimum absolute atomic E-state index is 0.0470. The molecule has 3 rings (SSSR count). The summed E-state index contributed by atoms with van der Waals surface area (Å²) in [5, 5.41) is 3.00. The number of carbonyl (C=O) groups excluding carboxylic acids is 2. The van der Waals surface area contributed by atoms with Gasteiger partial charge in [-0.15, -0.1) is 0 Å². The molecule has 0 radical (unpaired) electrons. The minimum atomic E-state index is -0.416. The van der Waals surface area contributed by atoms with E-state index in [0.29, 0.717) is 38.1 Å². The Morgan fingerprint density at radius 3 is 2.52 bits per heavy atom. The van der Waals surface area contributed by atoms with Crippen LogP contribution < -0.4 is 10.1 Å². The van der Waals surface area contributed by atoms with Crippen LogP contribution in [0.2, 0.25) is 0 Å². The highest BCUT2D eigenvalue weighted by Gasteiger charge is 2.24. The molecule has 1 heterocycles. The number of hydrogen-bond donors (Lipinski definition) is 1. The van der Waals surface area contributed by atoms with E-state index < -0.39 is 5.82 Å². The van der Waals surface area contributed by atoms with E-state index >= 15 is 0 Å². The Kier molecular flexibility index (Phi) is 6.41. The van der Waals surface area contributed by atoms with Crippen LogP contribution >= 0.6 is 0 Å². The Bertz CT molecular complexity index is 774. The quantitative estimate of drug-likeness (QED) is 0.850. The maximum atomic E-state index is 13.3. The zero-order valence-corrected chi connectivity index (χ0v) is 15.1. The molecule has 1 N–H and O–H groups in total. The molecule has 27 heavy (non-hydrogen) atoms. The van der Waals surface area contributed by atoms with E-state index in [2.05, 4.69) is 5.32 Å². The second-order valence-corrected chi connectivity index (χ2v) is 6.56. The number of halogens is 1. The first-order chi connectivity index (χ1) is 13.1. The van der Waals surface area contributed by atoms with Crippen molar-refractivity contribution in [2.45, 2.75) is 25.3 Å². The van der Waals surface area contributed by atoms with Gasteiger partial charge < -0.3 is 15.0 Å². The summed E-state index contributed by atoms with van der Waals surface area (Å²) < 4.78 is 18.8. The van der Waals surface area contributed by atoms with Gasteiger partial charge in [0.1, 0.15) is 11.6 Å². The number of nitrogens with zero attached hydrogens (tertiary/aromatic N) is 1. The van der Waals surface area contributed by atoms with Crippen molar-refractivity contribution in [2.24, 2.45) is 0 Å². The summed E-state index contributed by atoms with van der Waals surface area (Å²) >= 11 is 0. The summed E-state index contributed by atoms with van der Waals surface area (Å²) in [5.74, 6) is 0.103. The van der Waals surface area contributed by atoms with Gasteiger partial charge in [0.2, 0.25) is 5.91 Å². The maximum Gasteiger partial charge on any atom is 0.253 e. The van der Waals surface area contributed by atoms with Gasteiger partial charge in [0.15, 0.2) is 0 Å². The fraction of sp³-hybridized carbons (Fsp3) is 0.333. The fourth-order valence-corrected chi connectivity index (χ4v) is 3.11. The second kappa shape index (κ2) is 9.16. The molecule has 0 aliphatic carbocycles. The number of carbonyl (C=O) groups is 2. The van der Waals surface area contributed by atoms with Crippen molar-refractivity contribution in [3.05, 3.63) is 66.0 Å². The summed E-state index contributed by atoms with van der Waals surface area (Å²) in [4.78, 5) is 26.2. The first-order valence-electron chi connectivity index (χ1n) is 9.14. The van der Waals surface area contributed by atoms with Crippen LogP contribution in [0.25, 0.3) is 0 Å². The number of rotatable bonds is 6. The molecule has 2 aromatic rings. The van der Waals surface area contributed by atoms with Crippen molar-refractivity contribution in [3.8, 4) is 5.75 Å². The average molecular weight is 370 g/mol. The topological polar surface area (TPSA) is 58.6 Å². The molecule has 0 spiro atoms. The number of ether oxygens (including phenoxy) is 1. The van der Waals surface area contributed by atoms with Crippen molar-refractivity contribution < 1.29 is 18.7 Å². The molecular formula is C21H23FN2O3. The Balaban J connectivity index is 1.38. The lowest BCUT2D eigenvalue weighted by molar-refractivity contribution is -0.122. The highest BCUT2D eigenvalue weighted by molar-refractivity contribution is 5.94. The summed E-state index contributed by atoms with van der Waals surface area (Å²) in [7, 11) is 0. The monoisotopic (exact) mass is 370 g/mol. The number of likely N-dealkylation sites (tertiary alicyclic amines) is 1. The van der Waals surface area contributed by atoms with Crippen LogP contribution in [-0.2, 0) is 4.79 Å². The van der Waals surface area contributed by atoms with Crippen LogP contribution in [0.4, 0.5) is 4.39 Å². The molecule has 1 aliphatic heterocycles. The van der Waals surface area contributed by atoms with Gasteiger partial charge in [-0.2, -0.15) is 0 Å². The Labute approximate surface area is 158 Å². The third kappa shape index (κ3) is 5.54. The fourth-order valence-electron chi connectivity index (χ4n) is 3.11. The van der Waals surface area contributed by atoms with Crippen molar-refractivity contribution in [2.75, 3.05) is 19.7 Å². The molecule has 142 valence electrons. The molecule has 1 saturated heterocycles. The van der Waals surface area contributed by atoms with E-state index in [0.717, 1.165) is 5.75 Å². The van der Waals surface area contributed by atoms with Crippen LogP contribution in [0.1, 0.15) is 29.6 Å². The molecule has 0 saturated carbocycles. The minimum Gasteiger partial charge on any atom is -0.493 e. The predicted octanol–water partition coefficient (Wildman–Crippen LogP) is 3.02. The Hall–Kier alpha value is -2.89. The molecule has 0 bridgehead atoms. The largest absolute Gasteiger partial charge is 0.493 e. The highest BCUT2D eigenvalue weighted by Crippen LogP contribution is 2.15. The van der Waals surface area contributed by atoms with Gasteiger partial charge >= 0.3 is 0 Å². The molecule has 0 unspecified atom stereocenters. The lowest BCUT2D eigenvalue weighted by atomic mass is 10.0. The van der Waals surface area contributed by atoms with Gasteiger partial charge in [0.25, 0.3) is 5.91 Å². The molecule has 6 heteroatoms. The molecular weight excluding hydrogens is 347 g/mol. The van der Waals surface area contributed by atoms with Gasteiger partial charge in [0.05, 0.1) is 13.0 Å². The first kappa shape index (κ1) is 18.9. The van der Waals surface area contributed by atoms with Gasteiger partial charge in [-0.1, -0.05) is 24.3 Å². The van der Waals surface area contributed by atoms with E-state index in [4.69, 9.17) is 4.74 Å². The van der Waals surface area contributed by atoms with Crippen LogP contribution in [0.15, 0.2) is 54.6 Å². The van der Waals surface area contributed by atoms with E-state index in [1.165, 1.54) is 18.2 Å². The molecule has 5 nitrogen and oxygen atoms in total. The molecule has 2 amide bonds. The number of para-hydroxylation sites is 1. The van der Waals surface area contributed by atoms with Gasteiger partial charge in [0, 0.05) is 24.7 Å². The lowest BCUT2D eigenvalue weighted by Crippen LogP contribution is -2.46. The normalized spacial score (nSPS) is 14.6. The van der Waals surface area contributed by atoms with Crippen molar-refractivity contribution >= 4 is 11.8 Å². The van der Waals surface area contributed by atoms with E-state index in [1.807, 2.05) is 30.3 Å². The van der Waals surface area contributed by atoms with Gasteiger partial charge in [-0.25, -0.2) is 4.39 Å². The Morgan fingerprint density at radius 2 is 1.81 bits per heavy atom. The molecule has 0 atom stereocenters. The van der Waals surface area contributed by atoms with E-state index in [-0.39, 0.29) is 24.3 Å². The molecule has 1 fully saturated rings. The first-order valence-corrected chi connectivity index (χ1v) is 9.14. The maximum absolute atomic E-state index is 13.3. The predicted molar refractivity (Wildman–Crippen MR) is 100 cm³/mol. The summed E-state index contributed by atoms with van der Waals surface area (Å²) in [6.45, 7) is 1.41. The van der Waals surface area contributed by atoms with Crippen molar-refractivity contribution in [1.29, 1.82) is 0 Å². The summed E-state index contributed by atoms with van der Waals surface area (Å²) in [5.41, 5.74) is 0.357. The van der Waals surface area contributed by atoms with Crippen molar-refractivity contribution in [3.63, 3.8) is 0 Å². The summed E-state index contributed by atoms with van der Waals surface area (Å²) in [6.07, 6.45) is 1.66. The third-order valence-electron chi connectivity index (χ3n) is 4.56. The van der Waals surface area contributed by atoms with Crippen LogP contribution in [0.5, 0.6) is 5.75 Å². The smallest absolute Gasteiger partial charge is 0.253 e. The summed E-state index contributed by atoms with van der Waals surface area (Å²) in [6, 6.07) is 15.1. The number of amides is 2. The van der Waals surface area contributed by atoms with Gasteiger partial charge in [-0.3, -0.25) is 9.59 Å². The standard InChI is InChI=1S/C21H23FN2O3/c22-17-6-4-5-16(15-17)21(26)24-12-9-18(10-13-24)23-20(25)11-14-27-19-7-2-1-3-8-19/h1-8,15,18H,9-14H2,(H,23,25). The van der Waals surface area contributed by atoms with E-state index in [9.17, 15) is 14.0 Å². The number of piperidine rings is 1. The molecule has 2 aromatic carbocycles.